The molecule has 4 atom stereocenters. The van der Waals surface area contributed by atoms with E-state index in [0.29, 0.717) is 23.9 Å². The maximum atomic E-state index is 4.60. The lowest BCUT2D eigenvalue weighted by Crippen LogP contribution is -2.14. The van der Waals surface area contributed by atoms with Gasteiger partial charge in [0.2, 0.25) is 0 Å². The van der Waals surface area contributed by atoms with Gasteiger partial charge in [-0.2, -0.15) is 0 Å². The van der Waals surface area contributed by atoms with Crippen LogP contribution in [0.15, 0.2) is 36.7 Å². The quantitative estimate of drug-likeness (QED) is 0.558. The van der Waals surface area contributed by atoms with Crippen LogP contribution >= 0.6 is 0 Å². The van der Waals surface area contributed by atoms with Gasteiger partial charge in [-0.1, -0.05) is 38.1 Å². The SMILES string of the molecule is C[C@@H]1CN[C@H](c2ncc(-c3ccc(-c4cnc([C@@H]5C[C@H](C)CN5)[nH]4)cc3)[nH]2)C1. The van der Waals surface area contributed by atoms with E-state index in [1.165, 1.54) is 0 Å². The molecule has 146 valence electrons. The second-order valence-corrected chi connectivity index (χ2v) is 8.54. The van der Waals surface area contributed by atoms with E-state index in [-0.39, 0.29) is 0 Å². The lowest BCUT2D eigenvalue weighted by Gasteiger charge is -2.06. The van der Waals surface area contributed by atoms with Gasteiger partial charge in [0.25, 0.3) is 0 Å². The maximum absolute atomic E-state index is 4.60. The van der Waals surface area contributed by atoms with Crippen molar-refractivity contribution in [3.8, 4) is 22.5 Å². The first-order chi connectivity index (χ1) is 13.7. The van der Waals surface area contributed by atoms with E-state index in [2.05, 4.69) is 68.7 Å². The van der Waals surface area contributed by atoms with Gasteiger partial charge in [-0.15, -0.1) is 0 Å². The fourth-order valence-corrected chi connectivity index (χ4v) is 4.39. The van der Waals surface area contributed by atoms with Crippen LogP contribution in [-0.2, 0) is 0 Å². The summed E-state index contributed by atoms with van der Waals surface area (Å²) in [5.74, 6) is 3.50. The molecule has 1 aromatic carbocycles. The molecule has 0 radical (unpaired) electrons. The molecule has 28 heavy (non-hydrogen) atoms. The standard InChI is InChI=1S/C22H28N6/c1-13-7-17(23-9-13)21-25-11-19(27-21)15-3-5-16(6-4-15)20-12-26-22(28-20)18-8-14(2)10-24-18/h3-6,11-14,17-18,23-24H,7-10H2,1-2H3,(H,25,27)(H,26,28)/t13-,14-,17-,18-/m0/s1. The summed E-state index contributed by atoms with van der Waals surface area (Å²) in [6.07, 6.45) is 6.16. The number of benzene rings is 1. The average molecular weight is 377 g/mol. The number of nitrogens with one attached hydrogen (secondary N) is 4. The summed E-state index contributed by atoms with van der Waals surface area (Å²) in [4.78, 5) is 16.2. The molecule has 6 heteroatoms. The number of nitrogens with zero attached hydrogens (tertiary/aromatic N) is 2. The highest BCUT2D eigenvalue weighted by molar-refractivity contribution is 5.66. The molecule has 6 nitrogen and oxygen atoms in total. The van der Waals surface area contributed by atoms with Crippen LogP contribution in [0.1, 0.15) is 50.4 Å². The summed E-state index contributed by atoms with van der Waals surface area (Å²) in [6, 6.07) is 9.28. The largest absolute Gasteiger partial charge is 0.341 e. The summed E-state index contributed by atoms with van der Waals surface area (Å²) in [6.45, 7) is 6.69. The van der Waals surface area contributed by atoms with Crippen LogP contribution in [0.3, 0.4) is 0 Å². The van der Waals surface area contributed by atoms with Gasteiger partial charge in [-0.05, 0) is 48.9 Å². The Labute approximate surface area is 165 Å². The average Bonchev–Trinajstić information content (AvgIpc) is 3.48. The molecule has 4 heterocycles. The molecule has 4 N–H and O–H groups in total. The molecule has 5 rings (SSSR count). The molecular formula is C22H28N6. The van der Waals surface area contributed by atoms with Crippen molar-refractivity contribution in [2.75, 3.05) is 13.1 Å². The smallest absolute Gasteiger partial charge is 0.123 e. The van der Waals surface area contributed by atoms with E-state index in [1.54, 1.807) is 0 Å². The molecule has 2 aromatic heterocycles. The van der Waals surface area contributed by atoms with Gasteiger partial charge in [-0.3, -0.25) is 0 Å². The van der Waals surface area contributed by atoms with Gasteiger partial charge < -0.3 is 20.6 Å². The molecular weight excluding hydrogens is 348 g/mol. The van der Waals surface area contributed by atoms with E-state index in [0.717, 1.165) is 60.1 Å². The van der Waals surface area contributed by atoms with Crippen molar-refractivity contribution in [2.24, 2.45) is 11.8 Å². The van der Waals surface area contributed by atoms with Gasteiger partial charge in [0, 0.05) is 0 Å². The van der Waals surface area contributed by atoms with Crippen LogP contribution in [0.25, 0.3) is 22.5 Å². The molecule has 0 unspecified atom stereocenters. The first kappa shape index (κ1) is 17.6. The number of hydrogen-bond acceptors (Lipinski definition) is 4. The molecule has 2 saturated heterocycles. The number of rotatable bonds is 4. The van der Waals surface area contributed by atoms with Crippen LogP contribution in [0.2, 0.25) is 0 Å². The van der Waals surface area contributed by atoms with Crippen molar-refractivity contribution >= 4 is 0 Å². The third-order valence-electron chi connectivity index (χ3n) is 6.06. The maximum Gasteiger partial charge on any atom is 0.123 e. The minimum atomic E-state index is 0.346. The number of hydrogen-bond donors (Lipinski definition) is 4. The van der Waals surface area contributed by atoms with E-state index in [4.69, 9.17) is 0 Å². The highest BCUT2D eigenvalue weighted by Crippen LogP contribution is 2.29. The van der Waals surface area contributed by atoms with Gasteiger partial charge in [0.15, 0.2) is 0 Å². The first-order valence-electron chi connectivity index (χ1n) is 10.3. The Kier molecular flexibility index (Phi) is 4.53. The molecule has 0 spiro atoms. The Balaban J connectivity index is 1.31. The molecule has 2 aliphatic rings. The van der Waals surface area contributed by atoms with Crippen LogP contribution < -0.4 is 10.6 Å². The zero-order chi connectivity index (χ0) is 19.1. The highest BCUT2D eigenvalue weighted by Gasteiger charge is 2.25. The molecule has 0 amide bonds. The van der Waals surface area contributed by atoms with Crippen molar-refractivity contribution in [2.45, 2.75) is 38.8 Å². The van der Waals surface area contributed by atoms with Crippen LogP contribution in [-0.4, -0.2) is 33.0 Å². The van der Waals surface area contributed by atoms with Crippen molar-refractivity contribution < 1.29 is 0 Å². The highest BCUT2D eigenvalue weighted by atomic mass is 15.1. The van der Waals surface area contributed by atoms with Crippen molar-refractivity contribution in [3.05, 3.63) is 48.3 Å². The summed E-state index contributed by atoms with van der Waals surface area (Å²) < 4.78 is 0. The Hall–Kier alpha value is -2.44. The van der Waals surface area contributed by atoms with Crippen LogP contribution in [0, 0.1) is 11.8 Å². The predicted octanol–water partition coefficient (Wildman–Crippen LogP) is 3.81. The molecule has 2 aliphatic heterocycles. The van der Waals surface area contributed by atoms with E-state index >= 15 is 0 Å². The topological polar surface area (TPSA) is 81.4 Å². The Morgan fingerprint density at radius 1 is 0.714 bits per heavy atom. The van der Waals surface area contributed by atoms with Gasteiger partial charge in [0.1, 0.15) is 11.6 Å². The second kappa shape index (κ2) is 7.18. The van der Waals surface area contributed by atoms with Crippen LogP contribution in [0.5, 0.6) is 0 Å². The van der Waals surface area contributed by atoms with E-state index in [1.807, 2.05) is 12.4 Å². The Morgan fingerprint density at radius 3 is 1.50 bits per heavy atom. The lowest BCUT2D eigenvalue weighted by atomic mass is 10.1. The third-order valence-corrected chi connectivity index (χ3v) is 6.06. The summed E-state index contributed by atoms with van der Waals surface area (Å²) >= 11 is 0. The number of H-pyrrole nitrogens is 2. The number of aromatic amines is 2. The Bertz CT molecular complexity index is 863. The zero-order valence-corrected chi connectivity index (χ0v) is 16.5. The van der Waals surface area contributed by atoms with Gasteiger partial charge >= 0.3 is 0 Å². The minimum Gasteiger partial charge on any atom is -0.341 e. The molecule has 0 aliphatic carbocycles. The van der Waals surface area contributed by atoms with Crippen molar-refractivity contribution in [1.29, 1.82) is 0 Å². The Morgan fingerprint density at radius 2 is 1.14 bits per heavy atom. The van der Waals surface area contributed by atoms with E-state index < -0.39 is 0 Å². The van der Waals surface area contributed by atoms with Crippen LogP contribution in [0.4, 0.5) is 0 Å². The fourth-order valence-electron chi connectivity index (χ4n) is 4.39. The van der Waals surface area contributed by atoms with Crippen molar-refractivity contribution in [3.63, 3.8) is 0 Å². The second-order valence-electron chi connectivity index (χ2n) is 8.54. The lowest BCUT2D eigenvalue weighted by molar-refractivity contribution is 0.588. The number of aromatic nitrogens is 4. The van der Waals surface area contributed by atoms with Gasteiger partial charge in [0.05, 0.1) is 35.9 Å². The molecule has 3 aromatic rings. The number of imidazole rings is 2. The monoisotopic (exact) mass is 376 g/mol. The third kappa shape index (κ3) is 3.38. The minimum absolute atomic E-state index is 0.346. The summed E-state index contributed by atoms with van der Waals surface area (Å²) in [5.41, 5.74) is 4.44. The predicted molar refractivity (Wildman–Crippen MR) is 111 cm³/mol. The zero-order valence-electron chi connectivity index (χ0n) is 16.5. The van der Waals surface area contributed by atoms with E-state index in [9.17, 15) is 0 Å². The first-order valence-corrected chi connectivity index (χ1v) is 10.3. The van der Waals surface area contributed by atoms with Gasteiger partial charge in [-0.25, -0.2) is 9.97 Å². The fraction of sp³-hybridized carbons (Fsp3) is 0.455. The summed E-state index contributed by atoms with van der Waals surface area (Å²) in [5, 5.41) is 7.07. The molecule has 0 saturated carbocycles. The normalized spacial score (nSPS) is 27.5. The van der Waals surface area contributed by atoms with Crippen molar-refractivity contribution in [1.82, 2.24) is 30.6 Å². The summed E-state index contributed by atoms with van der Waals surface area (Å²) in [7, 11) is 0. The molecule has 2 fully saturated rings. The molecule has 0 bridgehead atoms.